The van der Waals surface area contributed by atoms with E-state index in [0.717, 1.165) is 32.5 Å². The van der Waals surface area contributed by atoms with Gasteiger partial charge in [-0.15, -0.1) is 0 Å². The molecule has 0 bridgehead atoms. The molecule has 0 aromatic carbocycles. The zero-order valence-electron chi connectivity index (χ0n) is 14.7. The average Bonchev–Trinajstić information content (AvgIpc) is 3.23. The summed E-state index contributed by atoms with van der Waals surface area (Å²) < 4.78 is 5.52. The predicted octanol–water partition coefficient (Wildman–Crippen LogP) is 2.46. The molecule has 0 aromatic rings. The lowest BCUT2D eigenvalue weighted by molar-refractivity contribution is 0.0235. The van der Waals surface area contributed by atoms with Crippen molar-refractivity contribution in [1.82, 2.24) is 15.1 Å². The molecule has 1 N–H and O–H groups in total. The van der Waals surface area contributed by atoms with Crippen molar-refractivity contribution in [3.63, 3.8) is 0 Å². The molecule has 2 aliphatic rings. The van der Waals surface area contributed by atoms with E-state index in [1.165, 1.54) is 25.8 Å². The van der Waals surface area contributed by atoms with E-state index < -0.39 is 5.60 Å². The van der Waals surface area contributed by atoms with Crippen LogP contribution in [0.4, 0.5) is 4.79 Å². The van der Waals surface area contributed by atoms with Gasteiger partial charge in [0.15, 0.2) is 0 Å². The van der Waals surface area contributed by atoms with Gasteiger partial charge >= 0.3 is 6.09 Å². The van der Waals surface area contributed by atoms with Crippen LogP contribution in [0.2, 0.25) is 0 Å². The molecule has 2 rings (SSSR count). The van der Waals surface area contributed by atoms with Crippen molar-refractivity contribution in [3.8, 4) is 0 Å². The largest absolute Gasteiger partial charge is 0.444 e. The van der Waals surface area contributed by atoms with Crippen molar-refractivity contribution in [2.75, 3.05) is 33.2 Å². The predicted molar refractivity (Wildman–Crippen MR) is 89.1 cm³/mol. The summed E-state index contributed by atoms with van der Waals surface area (Å²) >= 11 is 0. The van der Waals surface area contributed by atoms with Gasteiger partial charge in [-0.05, 0) is 60.0 Å². The Labute approximate surface area is 135 Å². The van der Waals surface area contributed by atoms with Gasteiger partial charge in [0.05, 0.1) is 0 Å². The molecule has 22 heavy (non-hydrogen) atoms. The maximum Gasteiger partial charge on any atom is 0.410 e. The van der Waals surface area contributed by atoms with E-state index in [0.29, 0.717) is 12.1 Å². The molecule has 1 amide bonds. The minimum Gasteiger partial charge on any atom is -0.444 e. The number of carbonyl (C=O) groups is 1. The van der Waals surface area contributed by atoms with E-state index in [4.69, 9.17) is 4.74 Å². The first-order valence-electron chi connectivity index (χ1n) is 8.77. The number of nitrogens with zero attached hydrogens (tertiary/aromatic N) is 2. The zero-order chi connectivity index (χ0) is 16.2. The molecule has 1 saturated carbocycles. The van der Waals surface area contributed by atoms with E-state index in [1.807, 2.05) is 25.7 Å². The van der Waals surface area contributed by atoms with E-state index in [-0.39, 0.29) is 6.09 Å². The molecule has 2 fully saturated rings. The molecule has 0 radical (unpaired) electrons. The second-order valence-corrected chi connectivity index (χ2v) is 7.74. The van der Waals surface area contributed by atoms with Gasteiger partial charge in [0.25, 0.3) is 0 Å². The lowest BCUT2D eigenvalue weighted by Gasteiger charge is -2.33. The summed E-state index contributed by atoms with van der Waals surface area (Å²) in [5, 5.41) is 3.53. The van der Waals surface area contributed by atoms with Crippen molar-refractivity contribution >= 4 is 6.09 Å². The molecular formula is C17H33N3O2. The zero-order valence-corrected chi connectivity index (χ0v) is 14.7. The normalized spacial score (nSPS) is 23.4. The first-order valence-corrected chi connectivity index (χ1v) is 8.77. The quantitative estimate of drug-likeness (QED) is 0.765. The van der Waals surface area contributed by atoms with Crippen LogP contribution in [0.15, 0.2) is 0 Å². The number of nitrogens with one attached hydrogen (secondary N) is 1. The summed E-state index contributed by atoms with van der Waals surface area (Å²) in [5.41, 5.74) is -0.414. The minimum atomic E-state index is -0.414. The Hall–Kier alpha value is -0.810. The number of piperidine rings is 1. The van der Waals surface area contributed by atoms with Gasteiger partial charge in [-0.3, -0.25) is 0 Å². The Bertz CT molecular complexity index is 363. The summed E-state index contributed by atoms with van der Waals surface area (Å²) in [6.45, 7) is 9.59. The molecule has 1 heterocycles. The van der Waals surface area contributed by atoms with Crippen LogP contribution in [0.5, 0.6) is 0 Å². The molecule has 1 atom stereocenters. The first kappa shape index (κ1) is 17.5. The third-order valence-electron chi connectivity index (χ3n) is 4.45. The van der Waals surface area contributed by atoms with Crippen molar-refractivity contribution in [2.24, 2.45) is 0 Å². The van der Waals surface area contributed by atoms with Crippen molar-refractivity contribution < 1.29 is 9.53 Å². The van der Waals surface area contributed by atoms with Crippen molar-refractivity contribution in [1.29, 1.82) is 0 Å². The third-order valence-corrected chi connectivity index (χ3v) is 4.45. The van der Waals surface area contributed by atoms with Gasteiger partial charge in [-0.2, -0.15) is 0 Å². The highest BCUT2D eigenvalue weighted by atomic mass is 16.6. The highest BCUT2D eigenvalue weighted by molar-refractivity contribution is 5.69. The van der Waals surface area contributed by atoms with Gasteiger partial charge in [0.1, 0.15) is 5.60 Å². The second kappa shape index (κ2) is 7.64. The van der Waals surface area contributed by atoms with Crippen LogP contribution in [0.25, 0.3) is 0 Å². The summed E-state index contributed by atoms with van der Waals surface area (Å²) in [5.74, 6) is 0. The SMILES string of the molecule is CN1CCCCC1CNCCN(C(=O)OC(C)(C)C)C1CC1. The van der Waals surface area contributed by atoms with Gasteiger partial charge in [-0.1, -0.05) is 6.42 Å². The number of ether oxygens (including phenoxy) is 1. The third kappa shape index (κ3) is 5.76. The number of rotatable bonds is 6. The first-order chi connectivity index (χ1) is 10.4. The van der Waals surface area contributed by atoms with Crippen LogP contribution >= 0.6 is 0 Å². The Morgan fingerprint density at radius 1 is 1.27 bits per heavy atom. The lowest BCUT2D eigenvalue weighted by Crippen LogP contribution is -2.46. The molecule has 1 aliphatic carbocycles. The van der Waals surface area contributed by atoms with E-state index in [1.54, 1.807) is 0 Å². The van der Waals surface area contributed by atoms with Crippen LogP contribution in [-0.2, 0) is 4.74 Å². The highest BCUT2D eigenvalue weighted by Crippen LogP contribution is 2.28. The smallest absolute Gasteiger partial charge is 0.410 e. The fraction of sp³-hybridized carbons (Fsp3) is 0.941. The maximum absolute atomic E-state index is 12.3. The fourth-order valence-corrected chi connectivity index (χ4v) is 3.00. The summed E-state index contributed by atoms with van der Waals surface area (Å²) in [7, 11) is 2.21. The molecule has 1 aliphatic heterocycles. The minimum absolute atomic E-state index is 0.161. The van der Waals surface area contributed by atoms with Gasteiger partial charge < -0.3 is 19.9 Å². The molecular weight excluding hydrogens is 278 g/mol. The van der Waals surface area contributed by atoms with Crippen LogP contribution in [0, 0.1) is 0 Å². The Kier molecular flexibility index (Phi) is 6.09. The number of hydrogen-bond acceptors (Lipinski definition) is 4. The number of likely N-dealkylation sites (N-methyl/N-ethyl adjacent to an activating group) is 1. The number of carbonyl (C=O) groups excluding carboxylic acids is 1. The summed E-state index contributed by atoms with van der Waals surface area (Å²) in [6.07, 6.45) is 6.01. The van der Waals surface area contributed by atoms with Crippen LogP contribution in [-0.4, -0.2) is 66.8 Å². The Morgan fingerprint density at radius 2 is 2.00 bits per heavy atom. The van der Waals surface area contributed by atoms with Crippen LogP contribution < -0.4 is 5.32 Å². The van der Waals surface area contributed by atoms with Crippen molar-refractivity contribution in [2.45, 2.75) is 70.6 Å². The average molecular weight is 311 g/mol. The maximum atomic E-state index is 12.3. The van der Waals surface area contributed by atoms with Crippen LogP contribution in [0.3, 0.4) is 0 Å². The molecule has 5 nitrogen and oxygen atoms in total. The molecule has 1 saturated heterocycles. The second-order valence-electron chi connectivity index (χ2n) is 7.74. The fourth-order valence-electron chi connectivity index (χ4n) is 3.00. The van der Waals surface area contributed by atoms with E-state index in [9.17, 15) is 4.79 Å². The van der Waals surface area contributed by atoms with Crippen LogP contribution in [0.1, 0.15) is 52.9 Å². The number of hydrogen-bond donors (Lipinski definition) is 1. The topological polar surface area (TPSA) is 44.8 Å². The molecule has 0 aromatic heterocycles. The number of amides is 1. The molecule has 128 valence electrons. The van der Waals surface area contributed by atoms with Crippen molar-refractivity contribution in [3.05, 3.63) is 0 Å². The summed E-state index contributed by atoms with van der Waals surface area (Å²) in [4.78, 5) is 16.6. The standard InChI is InChI=1S/C17H33N3O2/c1-17(2,3)22-16(21)20(14-8-9-14)12-10-18-13-15-7-5-6-11-19(15)4/h14-15,18H,5-13H2,1-4H3. The molecule has 1 unspecified atom stereocenters. The van der Waals surface area contributed by atoms with Gasteiger partial charge in [0.2, 0.25) is 0 Å². The van der Waals surface area contributed by atoms with Gasteiger partial charge in [0, 0.05) is 31.7 Å². The van der Waals surface area contributed by atoms with E-state index in [2.05, 4.69) is 17.3 Å². The van der Waals surface area contributed by atoms with Gasteiger partial charge in [-0.25, -0.2) is 4.79 Å². The Morgan fingerprint density at radius 3 is 2.59 bits per heavy atom. The monoisotopic (exact) mass is 311 g/mol. The Balaban J connectivity index is 1.69. The summed E-state index contributed by atoms with van der Waals surface area (Å²) in [6, 6.07) is 1.04. The number of likely N-dealkylation sites (tertiary alicyclic amines) is 1. The highest BCUT2D eigenvalue weighted by Gasteiger charge is 2.34. The molecule has 0 spiro atoms. The molecule has 5 heteroatoms. The lowest BCUT2D eigenvalue weighted by atomic mass is 10.0. The van der Waals surface area contributed by atoms with E-state index >= 15 is 0 Å².